The van der Waals surface area contributed by atoms with Crippen molar-refractivity contribution < 1.29 is 13.2 Å². The summed E-state index contributed by atoms with van der Waals surface area (Å²) in [5.41, 5.74) is 2.37. The average Bonchev–Trinajstić information content (AvgIpc) is 3.42. The lowest BCUT2D eigenvalue weighted by molar-refractivity contribution is 0.00813. The number of hydrogen-bond acceptors (Lipinski definition) is 5. The van der Waals surface area contributed by atoms with Crippen LogP contribution < -0.4 is 0 Å². The van der Waals surface area contributed by atoms with E-state index in [1.165, 1.54) is 26.3 Å². The molecule has 0 N–H and O–H groups in total. The van der Waals surface area contributed by atoms with Gasteiger partial charge in [-0.2, -0.15) is 5.26 Å². The van der Waals surface area contributed by atoms with Gasteiger partial charge in [0.25, 0.3) is 0 Å². The van der Waals surface area contributed by atoms with Crippen LogP contribution in [0.25, 0.3) is 16.3 Å². The quantitative estimate of drug-likeness (QED) is 0.255. The van der Waals surface area contributed by atoms with Gasteiger partial charge in [-0.3, -0.25) is 4.90 Å². The van der Waals surface area contributed by atoms with E-state index in [1.807, 2.05) is 42.5 Å². The number of nitriles is 1. The van der Waals surface area contributed by atoms with Crippen LogP contribution in [0.3, 0.4) is 0 Å². The lowest BCUT2D eigenvalue weighted by Gasteiger charge is -2.50. The molecular weight excluding hydrogens is 484 g/mol. The molecule has 190 valence electrons. The van der Waals surface area contributed by atoms with Crippen molar-refractivity contribution in [3.05, 3.63) is 113 Å². The van der Waals surface area contributed by atoms with Crippen LogP contribution in [0.5, 0.6) is 0 Å². The van der Waals surface area contributed by atoms with Crippen molar-refractivity contribution in [2.75, 3.05) is 13.1 Å². The Kier molecular flexibility index (Phi) is 6.75. The van der Waals surface area contributed by atoms with E-state index < -0.39 is 17.4 Å². The normalized spacial score (nSPS) is 15.7. The zero-order valence-electron chi connectivity index (χ0n) is 21.0. The molecule has 1 fully saturated rings. The van der Waals surface area contributed by atoms with E-state index in [9.17, 15) is 9.65 Å². The molecule has 4 aromatic rings. The number of benzene rings is 3. The second kappa shape index (κ2) is 10.2. The average molecular weight is 510 g/mol. The fourth-order valence-electron chi connectivity index (χ4n) is 5.54. The number of nitrogens with zero attached hydrogens (tertiary/aromatic N) is 5. The first-order chi connectivity index (χ1) is 18.3. The largest absolute Gasteiger partial charge is 0.423 e. The molecule has 1 aromatic heterocycles. The number of likely N-dealkylation sites (tertiary alicyclic amines) is 1. The Labute approximate surface area is 220 Å². The van der Waals surface area contributed by atoms with Crippen molar-refractivity contribution in [2.24, 2.45) is 5.92 Å². The van der Waals surface area contributed by atoms with E-state index in [1.54, 1.807) is 18.2 Å². The van der Waals surface area contributed by atoms with Crippen molar-refractivity contribution in [1.82, 2.24) is 15.1 Å². The summed E-state index contributed by atoms with van der Waals surface area (Å²) in [5.74, 6) is -0.807. The van der Waals surface area contributed by atoms with E-state index in [-0.39, 0.29) is 17.5 Å². The highest BCUT2D eigenvalue weighted by Gasteiger charge is 2.45. The molecule has 1 unspecified atom stereocenters. The highest BCUT2D eigenvalue weighted by atomic mass is 19.1. The topological polar surface area (TPSA) is 70.3 Å². The van der Waals surface area contributed by atoms with Crippen molar-refractivity contribution in [1.29, 1.82) is 5.26 Å². The third-order valence-electron chi connectivity index (χ3n) is 7.07. The Morgan fingerprint density at radius 1 is 1.08 bits per heavy atom. The minimum absolute atomic E-state index is 0.0903. The summed E-state index contributed by atoms with van der Waals surface area (Å²) < 4.78 is 35.3. The van der Waals surface area contributed by atoms with Crippen LogP contribution in [0.15, 0.2) is 77.5 Å². The van der Waals surface area contributed by atoms with Crippen LogP contribution in [0.1, 0.15) is 48.1 Å². The summed E-state index contributed by atoms with van der Waals surface area (Å²) >= 11 is 0. The third kappa shape index (κ3) is 5.04. The molecule has 0 saturated carbocycles. The van der Waals surface area contributed by atoms with Crippen molar-refractivity contribution >= 4 is 5.69 Å². The molecule has 3 aromatic carbocycles. The van der Waals surface area contributed by atoms with Crippen LogP contribution in [0, 0.1) is 29.6 Å². The van der Waals surface area contributed by atoms with Crippen LogP contribution in [-0.2, 0) is 0 Å². The zero-order chi connectivity index (χ0) is 26.9. The molecule has 2 atom stereocenters. The van der Waals surface area contributed by atoms with Crippen molar-refractivity contribution in [3.8, 4) is 17.5 Å². The van der Waals surface area contributed by atoms with Gasteiger partial charge < -0.3 is 4.42 Å². The molecule has 8 heteroatoms. The molecule has 6 nitrogen and oxygen atoms in total. The van der Waals surface area contributed by atoms with Gasteiger partial charge in [0.05, 0.1) is 24.2 Å². The van der Waals surface area contributed by atoms with Gasteiger partial charge in [-0.1, -0.05) is 36.4 Å². The fraction of sp³-hybridized carbons (Fsp3) is 0.267. The molecule has 1 saturated heterocycles. The summed E-state index contributed by atoms with van der Waals surface area (Å²) in [6, 6.07) is 21.2. The monoisotopic (exact) mass is 509 g/mol. The number of alkyl halides is 1. The Hall–Kier alpha value is -4.40. The Bertz CT molecular complexity index is 1510. The highest BCUT2D eigenvalue weighted by molar-refractivity contribution is 5.55. The second-order valence-corrected chi connectivity index (χ2v) is 10.1. The maximum absolute atomic E-state index is 15.6. The molecule has 0 amide bonds. The van der Waals surface area contributed by atoms with Gasteiger partial charge in [0.15, 0.2) is 5.69 Å². The summed E-state index contributed by atoms with van der Waals surface area (Å²) in [6.07, 6.45) is 1.28. The molecule has 1 aliphatic heterocycles. The number of hydrogen-bond donors (Lipinski definition) is 0. The molecule has 5 rings (SSSR count). The van der Waals surface area contributed by atoms with E-state index in [0.717, 1.165) is 22.8 Å². The van der Waals surface area contributed by atoms with E-state index in [0.29, 0.717) is 30.2 Å². The van der Waals surface area contributed by atoms with E-state index in [2.05, 4.69) is 19.9 Å². The van der Waals surface area contributed by atoms with Crippen LogP contribution in [0.2, 0.25) is 0 Å². The van der Waals surface area contributed by atoms with Gasteiger partial charge >= 0.3 is 0 Å². The Balaban J connectivity index is 1.49. The maximum atomic E-state index is 15.6. The molecule has 2 heterocycles. The zero-order valence-corrected chi connectivity index (χ0v) is 21.0. The Morgan fingerprint density at radius 3 is 2.47 bits per heavy atom. The predicted molar refractivity (Wildman–Crippen MR) is 138 cm³/mol. The van der Waals surface area contributed by atoms with Gasteiger partial charge in [0, 0.05) is 24.6 Å². The third-order valence-corrected chi connectivity index (χ3v) is 7.07. The SMILES string of the molecule is [C-]#[N+]c1ccc(C(c2cccc(-c3nnco3)c2)N2CC([C@@H](c3cc(F)cc(C#N)c3)C(C)(C)F)C2)cc1. The van der Waals surface area contributed by atoms with Crippen LogP contribution >= 0.6 is 0 Å². The van der Waals surface area contributed by atoms with Crippen molar-refractivity contribution in [2.45, 2.75) is 31.5 Å². The smallest absolute Gasteiger partial charge is 0.247 e. The summed E-state index contributed by atoms with van der Waals surface area (Å²) in [5, 5.41) is 17.1. The molecule has 38 heavy (non-hydrogen) atoms. The number of aromatic nitrogens is 2. The highest BCUT2D eigenvalue weighted by Crippen LogP contribution is 2.46. The predicted octanol–water partition coefficient (Wildman–Crippen LogP) is 6.85. The molecule has 1 aliphatic rings. The maximum Gasteiger partial charge on any atom is 0.247 e. The summed E-state index contributed by atoms with van der Waals surface area (Å²) in [6.45, 7) is 11.4. The fourth-order valence-corrected chi connectivity index (χ4v) is 5.54. The number of halogens is 2. The molecule has 0 bridgehead atoms. The standard InChI is InChI=1S/C30H25F2N5O/c1-30(2,32)27(23-11-19(15-33)12-25(31)14-23)24-16-37(17-24)28(20-7-9-26(34-3)10-8-20)21-5-4-6-22(13-21)29-36-35-18-38-29/h4-14,18,24,27-28H,16-17H2,1-2H3/t27-,28?/m1/s1. The lowest BCUT2D eigenvalue weighted by Crippen LogP contribution is -2.53. The first-order valence-corrected chi connectivity index (χ1v) is 12.2. The van der Waals surface area contributed by atoms with Gasteiger partial charge in [-0.25, -0.2) is 13.6 Å². The molecular formula is C30H25F2N5O. The van der Waals surface area contributed by atoms with Gasteiger partial charge in [-0.15, -0.1) is 10.2 Å². The van der Waals surface area contributed by atoms with Crippen LogP contribution in [0.4, 0.5) is 14.5 Å². The van der Waals surface area contributed by atoms with Crippen LogP contribution in [-0.4, -0.2) is 33.9 Å². The van der Waals surface area contributed by atoms with E-state index >= 15 is 4.39 Å². The minimum Gasteiger partial charge on any atom is -0.423 e. The first-order valence-electron chi connectivity index (χ1n) is 12.2. The minimum atomic E-state index is -1.62. The lowest BCUT2D eigenvalue weighted by atomic mass is 9.72. The summed E-state index contributed by atoms with van der Waals surface area (Å²) in [7, 11) is 0. The molecule has 0 radical (unpaired) electrons. The van der Waals surface area contributed by atoms with E-state index in [4.69, 9.17) is 11.0 Å². The first kappa shape index (κ1) is 25.3. The molecule has 0 aliphatic carbocycles. The molecule has 0 spiro atoms. The van der Waals surface area contributed by atoms with Gasteiger partial charge in [0.1, 0.15) is 11.5 Å². The van der Waals surface area contributed by atoms with Crippen molar-refractivity contribution in [3.63, 3.8) is 0 Å². The Morgan fingerprint density at radius 2 is 1.84 bits per heavy atom. The second-order valence-electron chi connectivity index (χ2n) is 10.1. The number of rotatable bonds is 7. The van der Waals surface area contributed by atoms with Gasteiger partial charge in [0.2, 0.25) is 12.3 Å². The van der Waals surface area contributed by atoms with Gasteiger partial charge in [-0.05, 0) is 66.8 Å². The summed E-state index contributed by atoms with van der Waals surface area (Å²) in [4.78, 5) is 5.74.